The lowest BCUT2D eigenvalue weighted by atomic mass is 9.94. The van der Waals surface area contributed by atoms with Crippen LogP contribution >= 0.6 is 0 Å². The van der Waals surface area contributed by atoms with Crippen molar-refractivity contribution >= 4 is 11.6 Å². The summed E-state index contributed by atoms with van der Waals surface area (Å²) in [5.74, 6) is 1.91. The molecule has 0 radical (unpaired) electrons. The molecule has 1 atom stereocenters. The van der Waals surface area contributed by atoms with E-state index in [4.69, 9.17) is 9.97 Å². The molecule has 5 rings (SSSR count). The Bertz CT molecular complexity index is 1250. The van der Waals surface area contributed by atoms with Gasteiger partial charge in [0.05, 0.1) is 17.4 Å². The molecule has 0 bridgehead atoms. The summed E-state index contributed by atoms with van der Waals surface area (Å²) >= 11 is 0. The van der Waals surface area contributed by atoms with E-state index in [1.807, 2.05) is 12.1 Å². The summed E-state index contributed by atoms with van der Waals surface area (Å²) in [5, 5.41) is 3.53. The topological polar surface area (TPSA) is 41.1 Å². The maximum Gasteiger partial charge on any atom is 0.133 e. The van der Waals surface area contributed by atoms with Gasteiger partial charge in [0.25, 0.3) is 0 Å². The zero-order valence-corrected chi connectivity index (χ0v) is 19.1. The average Bonchev–Trinajstić information content (AvgIpc) is 3.18. The summed E-state index contributed by atoms with van der Waals surface area (Å²) in [6, 6.07) is 33.7. The van der Waals surface area contributed by atoms with Gasteiger partial charge in [-0.25, -0.2) is 9.97 Å². The molecule has 1 N–H and O–H groups in total. The third-order valence-electron chi connectivity index (χ3n) is 6.04. The van der Waals surface area contributed by atoms with Gasteiger partial charge in [0.2, 0.25) is 0 Å². The number of fused-ring (bicyclic) bond motifs is 2. The molecule has 0 spiro atoms. The number of benzene rings is 1. The second-order valence-corrected chi connectivity index (χ2v) is 8.08. The number of aromatic nitrogens is 2. The van der Waals surface area contributed by atoms with E-state index in [1.165, 1.54) is 11.1 Å². The van der Waals surface area contributed by atoms with Crippen molar-refractivity contribution in [1.82, 2.24) is 9.97 Å². The highest BCUT2D eigenvalue weighted by molar-refractivity contribution is 5.78. The summed E-state index contributed by atoms with van der Waals surface area (Å²) in [7, 11) is 0. The van der Waals surface area contributed by atoms with Crippen molar-refractivity contribution in [2.24, 2.45) is 0 Å². The molecule has 164 valence electrons. The van der Waals surface area contributed by atoms with Crippen molar-refractivity contribution in [2.45, 2.75) is 19.9 Å². The SMILES string of the molecule is CCNc1nc2cccccc-2c1C(c1ccccc1)N(CC)c1cc2cccccc-2n1. The molecular weight excluding hydrogens is 404 g/mol. The van der Waals surface area contributed by atoms with E-state index in [2.05, 4.69) is 109 Å². The smallest absolute Gasteiger partial charge is 0.133 e. The molecule has 4 aliphatic rings. The third kappa shape index (κ3) is 4.00. The van der Waals surface area contributed by atoms with Crippen LogP contribution in [0.3, 0.4) is 0 Å². The first-order chi connectivity index (χ1) is 16.3. The quantitative estimate of drug-likeness (QED) is 0.309. The minimum absolute atomic E-state index is 0.0317. The Morgan fingerprint density at radius 3 is 2.15 bits per heavy atom. The Kier molecular flexibility index (Phi) is 5.90. The fourth-order valence-electron chi connectivity index (χ4n) is 4.58. The maximum absolute atomic E-state index is 5.03. The third-order valence-corrected chi connectivity index (χ3v) is 6.04. The van der Waals surface area contributed by atoms with E-state index in [-0.39, 0.29) is 6.04 Å². The second kappa shape index (κ2) is 9.29. The van der Waals surface area contributed by atoms with Crippen LogP contribution in [-0.2, 0) is 0 Å². The Hall–Kier alpha value is -3.92. The molecule has 0 saturated carbocycles. The van der Waals surface area contributed by atoms with Crippen LogP contribution in [0.2, 0.25) is 0 Å². The summed E-state index contributed by atoms with van der Waals surface area (Å²) in [6.45, 7) is 5.93. The van der Waals surface area contributed by atoms with Gasteiger partial charge < -0.3 is 10.2 Å². The zero-order valence-electron chi connectivity index (χ0n) is 19.1. The first-order valence-corrected chi connectivity index (χ1v) is 11.6. The van der Waals surface area contributed by atoms with Crippen LogP contribution < -0.4 is 10.2 Å². The first kappa shape index (κ1) is 21.0. The lowest BCUT2D eigenvalue weighted by Crippen LogP contribution is -2.30. The van der Waals surface area contributed by atoms with Crippen molar-refractivity contribution < 1.29 is 0 Å². The number of hydrogen-bond acceptors (Lipinski definition) is 4. The van der Waals surface area contributed by atoms with Gasteiger partial charge in [-0.15, -0.1) is 0 Å². The first-order valence-electron chi connectivity index (χ1n) is 11.6. The van der Waals surface area contributed by atoms with E-state index >= 15 is 0 Å². The molecule has 1 aromatic rings. The van der Waals surface area contributed by atoms with Crippen molar-refractivity contribution in [3.8, 4) is 22.5 Å². The van der Waals surface area contributed by atoms with Gasteiger partial charge in [-0.1, -0.05) is 78.9 Å². The number of anilines is 2. The Labute approximate surface area is 195 Å². The molecule has 2 aliphatic carbocycles. The maximum atomic E-state index is 5.03. The number of rotatable bonds is 7. The summed E-state index contributed by atoms with van der Waals surface area (Å²) in [4.78, 5) is 12.4. The minimum Gasteiger partial charge on any atom is -0.370 e. The lowest BCUT2D eigenvalue weighted by Gasteiger charge is -2.32. The van der Waals surface area contributed by atoms with Crippen molar-refractivity contribution in [3.63, 3.8) is 0 Å². The highest BCUT2D eigenvalue weighted by Crippen LogP contribution is 2.43. The Morgan fingerprint density at radius 2 is 1.42 bits per heavy atom. The van der Waals surface area contributed by atoms with Gasteiger partial charge in [0.15, 0.2) is 0 Å². The van der Waals surface area contributed by atoms with E-state index in [0.717, 1.165) is 47.2 Å². The van der Waals surface area contributed by atoms with Gasteiger partial charge in [-0.2, -0.15) is 0 Å². The molecule has 4 nitrogen and oxygen atoms in total. The fourth-order valence-corrected chi connectivity index (χ4v) is 4.58. The molecular formula is C29H28N4. The largest absolute Gasteiger partial charge is 0.370 e. The molecule has 0 saturated heterocycles. The molecule has 0 fully saturated rings. The highest BCUT2D eigenvalue weighted by atomic mass is 15.2. The summed E-state index contributed by atoms with van der Waals surface area (Å²) in [6.07, 6.45) is 0. The van der Waals surface area contributed by atoms with E-state index in [0.29, 0.717) is 0 Å². The minimum atomic E-state index is -0.0317. The normalized spacial score (nSPS) is 12.1. The van der Waals surface area contributed by atoms with Gasteiger partial charge >= 0.3 is 0 Å². The van der Waals surface area contributed by atoms with Gasteiger partial charge in [0, 0.05) is 29.8 Å². The monoisotopic (exact) mass is 432 g/mol. The number of nitrogens with one attached hydrogen (secondary N) is 1. The van der Waals surface area contributed by atoms with Crippen LogP contribution in [0.15, 0.2) is 97.1 Å². The predicted molar refractivity (Wildman–Crippen MR) is 137 cm³/mol. The zero-order chi connectivity index (χ0) is 22.6. The number of nitrogens with zero attached hydrogens (tertiary/aromatic N) is 3. The Balaban J connectivity index is 1.74. The molecule has 0 amide bonds. The van der Waals surface area contributed by atoms with Gasteiger partial charge in [-0.3, -0.25) is 0 Å². The molecule has 1 aromatic carbocycles. The predicted octanol–water partition coefficient (Wildman–Crippen LogP) is 6.73. The molecule has 0 aromatic heterocycles. The molecule has 33 heavy (non-hydrogen) atoms. The summed E-state index contributed by atoms with van der Waals surface area (Å²) < 4.78 is 0. The van der Waals surface area contributed by atoms with Crippen LogP contribution in [0, 0.1) is 0 Å². The Morgan fingerprint density at radius 1 is 0.758 bits per heavy atom. The van der Waals surface area contributed by atoms with Gasteiger partial charge in [0.1, 0.15) is 11.6 Å². The standard InChI is InChI=1S/C29H28N4/c1-3-30-29-27(23-17-11-7-13-19-25(23)32-29)28(21-14-8-5-9-15-21)33(4-2)26-20-22-16-10-6-12-18-24(22)31-26/h5-20,28H,3-4H2,1-2H3,(H,30,32). The van der Waals surface area contributed by atoms with Crippen LogP contribution in [0.1, 0.15) is 31.0 Å². The molecule has 1 unspecified atom stereocenters. The highest BCUT2D eigenvalue weighted by Gasteiger charge is 2.31. The van der Waals surface area contributed by atoms with Crippen LogP contribution in [0.5, 0.6) is 0 Å². The van der Waals surface area contributed by atoms with Crippen LogP contribution in [0.25, 0.3) is 22.5 Å². The van der Waals surface area contributed by atoms with E-state index in [9.17, 15) is 0 Å². The molecule has 2 heterocycles. The number of hydrogen-bond donors (Lipinski definition) is 1. The second-order valence-electron chi connectivity index (χ2n) is 8.08. The summed E-state index contributed by atoms with van der Waals surface area (Å²) in [5.41, 5.74) is 6.71. The van der Waals surface area contributed by atoms with Crippen molar-refractivity contribution in [2.75, 3.05) is 23.3 Å². The van der Waals surface area contributed by atoms with Crippen molar-refractivity contribution in [1.29, 1.82) is 0 Å². The average molecular weight is 433 g/mol. The van der Waals surface area contributed by atoms with Crippen LogP contribution in [0.4, 0.5) is 11.6 Å². The van der Waals surface area contributed by atoms with Crippen LogP contribution in [-0.4, -0.2) is 23.1 Å². The lowest BCUT2D eigenvalue weighted by molar-refractivity contribution is 0.720. The molecule has 2 aliphatic heterocycles. The van der Waals surface area contributed by atoms with E-state index < -0.39 is 0 Å². The molecule has 4 heteroatoms. The van der Waals surface area contributed by atoms with E-state index in [1.54, 1.807) is 0 Å². The fraction of sp³-hybridized carbons (Fsp3) is 0.172. The van der Waals surface area contributed by atoms with Crippen molar-refractivity contribution in [3.05, 3.63) is 108 Å². The van der Waals surface area contributed by atoms with Gasteiger partial charge in [-0.05, 0) is 37.6 Å².